The number of piperidine rings is 1. The summed E-state index contributed by atoms with van der Waals surface area (Å²) < 4.78 is 26.2. The number of halogens is 2. The highest BCUT2D eigenvalue weighted by Gasteiger charge is 2.28. The zero-order valence-electron chi connectivity index (χ0n) is 17.1. The molecule has 0 bridgehead atoms. The first-order valence-corrected chi connectivity index (χ1v) is 10.6. The molecule has 0 unspecified atom stereocenters. The molecule has 160 valence electrons. The van der Waals surface area contributed by atoms with Crippen LogP contribution < -0.4 is 10.6 Å². The minimum Gasteiger partial charge on any atom is -0.353 e. The van der Waals surface area contributed by atoms with Gasteiger partial charge in [0.1, 0.15) is 0 Å². The molecule has 7 heteroatoms. The number of likely N-dealkylation sites (tertiary alicyclic amines) is 1. The lowest BCUT2D eigenvalue weighted by atomic mass is 9.89. The van der Waals surface area contributed by atoms with Crippen molar-refractivity contribution in [3.05, 3.63) is 35.4 Å². The lowest BCUT2D eigenvalue weighted by molar-refractivity contribution is -0.127. The summed E-state index contributed by atoms with van der Waals surface area (Å²) in [6.07, 6.45) is 5.96. The summed E-state index contributed by atoms with van der Waals surface area (Å²) in [4.78, 5) is 27.1. The summed E-state index contributed by atoms with van der Waals surface area (Å²) in [7, 11) is 2.08. The first kappa shape index (κ1) is 21.7. The Balaban J connectivity index is 1.41. The lowest BCUT2D eigenvalue weighted by Gasteiger charge is -2.33. The minimum atomic E-state index is -0.890. The molecule has 1 aliphatic carbocycles. The Morgan fingerprint density at radius 1 is 1.03 bits per heavy atom. The molecule has 1 aromatic carbocycles. The number of nitrogens with zero attached hydrogens (tertiary/aromatic N) is 1. The third kappa shape index (κ3) is 6.49. The van der Waals surface area contributed by atoms with Crippen molar-refractivity contribution < 1.29 is 18.4 Å². The minimum absolute atomic E-state index is 0.0454. The summed E-state index contributed by atoms with van der Waals surface area (Å²) in [6.45, 7) is 1.92. The molecule has 1 saturated carbocycles. The standard InChI is InChI=1S/C22H31F2N3O2/c1-27-11-9-16(10-12-27)22(29)26-18-4-2-3-17(14-18)25-21(28)8-6-15-5-7-19(23)20(24)13-15/h5,7,13,16-18H,2-4,6,8-12,14H2,1H3,(H,25,28)(H,26,29)/t17-,18-/m1/s1. The second-order valence-electron chi connectivity index (χ2n) is 8.46. The molecule has 2 aliphatic rings. The third-order valence-electron chi connectivity index (χ3n) is 6.10. The van der Waals surface area contributed by atoms with E-state index >= 15 is 0 Å². The van der Waals surface area contributed by atoms with Crippen LogP contribution >= 0.6 is 0 Å². The maximum Gasteiger partial charge on any atom is 0.223 e. The first-order chi connectivity index (χ1) is 13.9. The summed E-state index contributed by atoms with van der Waals surface area (Å²) >= 11 is 0. The first-order valence-electron chi connectivity index (χ1n) is 10.6. The fraction of sp³-hybridized carbons (Fsp3) is 0.636. The molecule has 0 aromatic heterocycles. The fourth-order valence-electron chi connectivity index (χ4n) is 4.29. The number of carbonyl (C=O) groups excluding carboxylic acids is 2. The van der Waals surface area contributed by atoms with E-state index in [2.05, 4.69) is 22.6 Å². The van der Waals surface area contributed by atoms with Crippen LogP contribution in [0.2, 0.25) is 0 Å². The molecule has 5 nitrogen and oxygen atoms in total. The molecule has 3 rings (SSSR count). The molecule has 1 aromatic rings. The number of hydrogen-bond acceptors (Lipinski definition) is 3. The zero-order valence-corrected chi connectivity index (χ0v) is 17.1. The van der Waals surface area contributed by atoms with Crippen molar-refractivity contribution in [2.45, 2.75) is 63.5 Å². The molecule has 1 aliphatic heterocycles. The van der Waals surface area contributed by atoms with Gasteiger partial charge < -0.3 is 15.5 Å². The SMILES string of the molecule is CN1CCC(C(=O)N[C@@H]2CCC[C@@H](NC(=O)CCc3ccc(F)c(F)c3)C2)CC1. The van der Waals surface area contributed by atoms with Crippen LogP contribution in [0.1, 0.15) is 50.5 Å². The number of rotatable bonds is 6. The van der Waals surface area contributed by atoms with Gasteiger partial charge in [-0.1, -0.05) is 6.07 Å². The molecule has 0 spiro atoms. The van der Waals surface area contributed by atoms with Crippen LogP contribution in [-0.4, -0.2) is 48.9 Å². The number of benzene rings is 1. The Kier molecular flexibility index (Phi) is 7.58. The Morgan fingerprint density at radius 2 is 1.72 bits per heavy atom. The number of amides is 2. The number of nitrogens with one attached hydrogen (secondary N) is 2. The second-order valence-corrected chi connectivity index (χ2v) is 8.46. The van der Waals surface area contributed by atoms with E-state index in [1.165, 1.54) is 6.07 Å². The highest BCUT2D eigenvalue weighted by molar-refractivity contribution is 5.79. The molecule has 2 fully saturated rings. The predicted octanol–water partition coefficient (Wildman–Crippen LogP) is 2.78. The van der Waals surface area contributed by atoms with Crippen LogP contribution in [0.4, 0.5) is 8.78 Å². The lowest BCUT2D eigenvalue weighted by Crippen LogP contribution is -2.48. The van der Waals surface area contributed by atoms with Crippen molar-refractivity contribution in [1.82, 2.24) is 15.5 Å². The largest absolute Gasteiger partial charge is 0.353 e. The van der Waals surface area contributed by atoms with E-state index in [1.54, 1.807) is 0 Å². The summed E-state index contributed by atoms with van der Waals surface area (Å²) in [5, 5.41) is 6.23. The van der Waals surface area contributed by atoms with Crippen molar-refractivity contribution in [1.29, 1.82) is 0 Å². The highest BCUT2D eigenvalue weighted by Crippen LogP contribution is 2.21. The highest BCUT2D eigenvalue weighted by atomic mass is 19.2. The van der Waals surface area contributed by atoms with Gasteiger partial charge in [-0.3, -0.25) is 9.59 Å². The Morgan fingerprint density at radius 3 is 2.41 bits per heavy atom. The van der Waals surface area contributed by atoms with E-state index in [0.29, 0.717) is 12.0 Å². The van der Waals surface area contributed by atoms with Crippen LogP contribution in [0.3, 0.4) is 0 Å². The number of carbonyl (C=O) groups is 2. The molecule has 29 heavy (non-hydrogen) atoms. The van der Waals surface area contributed by atoms with Gasteiger partial charge in [0.25, 0.3) is 0 Å². The van der Waals surface area contributed by atoms with Gasteiger partial charge in [0.15, 0.2) is 11.6 Å². The molecule has 1 saturated heterocycles. The summed E-state index contributed by atoms with van der Waals surface area (Å²) in [5.41, 5.74) is 0.603. The van der Waals surface area contributed by atoms with E-state index in [9.17, 15) is 18.4 Å². The maximum atomic E-state index is 13.3. The van der Waals surface area contributed by atoms with Crippen LogP contribution in [0.15, 0.2) is 18.2 Å². The van der Waals surface area contributed by atoms with Crippen molar-refractivity contribution in [2.75, 3.05) is 20.1 Å². The average Bonchev–Trinajstić information content (AvgIpc) is 2.69. The Bertz CT molecular complexity index is 720. The van der Waals surface area contributed by atoms with Crippen molar-refractivity contribution >= 4 is 11.8 Å². The van der Waals surface area contributed by atoms with Gasteiger partial charge in [0.05, 0.1) is 0 Å². The van der Waals surface area contributed by atoms with E-state index in [1.807, 2.05) is 0 Å². The van der Waals surface area contributed by atoms with Gasteiger partial charge in [-0.05, 0) is 82.8 Å². The van der Waals surface area contributed by atoms with Gasteiger partial charge in [-0.2, -0.15) is 0 Å². The molecule has 0 radical (unpaired) electrons. The van der Waals surface area contributed by atoms with Crippen molar-refractivity contribution in [2.24, 2.45) is 5.92 Å². The zero-order chi connectivity index (χ0) is 20.8. The van der Waals surface area contributed by atoms with E-state index in [-0.39, 0.29) is 36.2 Å². The third-order valence-corrected chi connectivity index (χ3v) is 6.10. The van der Waals surface area contributed by atoms with E-state index in [0.717, 1.165) is 63.7 Å². The average molecular weight is 408 g/mol. The molecule has 2 atom stereocenters. The topological polar surface area (TPSA) is 61.4 Å². The van der Waals surface area contributed by atoms with E-state index in [4.69, 9.17) is 0 Å². The van der Waals surface area contributed by atoms with Gasteiger partial charge in [-0.25, -0.2) is 8.78 Å². The van der Waals surface area contributed by atoms with Crippen LogP contribution in [0.25, 0.3) is 0 Å². The summed E-state index contributed by atoms with van der Waals surface area (Å²) in [6, 6.07) is 3.87. The van der Waals surface area contributed by atoms with Crippen molar-refractivity contribution in [3.63, 3.8) is 0 Å². The van der Waals surface area contributed by atoms with Crippen molar-refractivity contribution in [3.8, 4) is 0 Å². The number of aryl methyl sites for hydroxylation is 1. The van der Waals surface area contributed by atoms with Gasteiger partial charge in [0.2, 0.25) is 11.8 Å². The monoisotopic (exact) mass is 407 g/mol. The molecule has 2 N–H and O–H groups in total. The fourth-order valence-corrected chi connectivity index (χ4v) is 4.29. The van der Waals surface area contributed by atoms with Crippen LogP contribution in [0, 0.1) is 17.6 Å². The summed E-state index contributed by atoms with van der Waals surface area (Å²) in [5.74, 6) is -1.63. The van der Waals surface area contributed by atoms with Gasteiger partial charge in [0, 0.05) is 24.4 Å². The van der Waals surface area contributed by atoms with Gasteiger partial charge in [-0.15, -0.1) is 0 Å². The normalized spacial score (nSPS) is 23.6. The molecular formula is C22H31F2N3O2. The molecule has 1 heterocycles. The smallest absolute Gasteiger partial charge is 0.223 e. The molecule has 2 amide bonds. The van der Waals surface area contributed by atoms with Gasteiger partial charge >= 0.3 is 0 Å². The Labute approximate surface area is 171 Å². The number of hydrogen-bond donors (Lipinski definition) is 2. The maximum absolute atomic E-state index is 13.3. The molecular weight excluding hydrogens is 376 g/mol. The van der Waals surface area contributed by atoms with E-state index < -0.39 is 11.6 Å². The Hall–Kier alpha value is -2.02. The van der Waals surface area contributed by atoms with Crippen LogP contribution in [-0.2, 0) is 16.0 Å². The predicted molar refractivity (Wildman–Crippen MR) is 107 cm³/mol. The second kappa shape index (κ2) is 10.1. The quantitative estimate of drug-likeness (QED) is 0.762. The van der Waals surface area contributed by atoms with Crippen LogP contribution in [0.5, 0.6) is 0 Å².